The van der Waals surface area contributed by atoms with Crippen LogP contribution in [0.25, 0.3) is 0 Å². The van der Waals surface area contributed by atoms with Crippen LogP contribution in [0.2, 0.25) is 15.1 Å². The van der Waals surface area contributed by atoms with Crippen LogP contribution in [0.3, 0.4) is 0 Å². The van der Waals surface area contributed by atoms with E-state index < -0.39 is 16.1 Å². The maximum atomic E-state index is 12.3. The van der Waals surface area contributed by atoms with E-state index in [4.69, 9.17) is 34.8 Å². The number of rotatable bonds is 5. The van der Waals surface area contributed by atoms with Gasteiger partial charge in [0, 0.05) is 18.6 Å². The molecule has 108 valence electrons. The fourth-order valence-corrected chi connectivity index (χ4v) is 4.09. The molecule has 1 N–H and O–H groups in total. The molecule has 19 heavy (non-hydrogen) atoms. The van der Waals surface area contributed by atoms with E-state index in [1.54, 1.807) is 6.92 Å². The summed E-state index contributed by atoms with van der Waals surface area (Å²) in [5.41, 5.74) is 0. The van der Waals surface area contributed by atoms with Gasteiger partial charge in [0.25, 0.3) is 0 Å². The molecule has 8 heteroatoms. The number of halogens is 3. The van der Waals surface area contributed by atoms with Gasteiger partial charge in [0.15, 0.2) is 0 Å². The van der Waals surface area contributed by atoms with Crippen molar-refractivity contribution in [2.24, 2.45) is 0 Å². The van der Waals surface area contributed by atoms with E-state index in [0.717, 1.165) is 4.31 Å². The second-order valence-corrected chi connectivity index (χ2v) is 7.40. The van der Waals surface area contributed by atoms with Crippen LogP contribution in [0.15, 0.2) is 17.0 Å². The first kappa shape index (κ1) is 17.0. The molecule has 1 unspecified atom stereocenters. The summed E-state index contributed by atoms with van der Waals surface area (Å²) in [5, 5.41) is 9.40. The van der Waals surface area contributed by atoms with Gasteiger partial charge in [0.05, 0.1) is 16.1 Å². The molecular weight excluding hydrogens is 333 g/mol. The lowest BCUT2D eigenvalue weighted by Crippen LogP contribution is -2.30. The van der Waals surface area contributed by atoms with E-state index in [2.05, 4.69) is 0 Å². The number of aliphatic hydroxyl groups is 1. The topological polar surface area (TPSA) is 57.6 Å². The van der Waals surface area contributed by atoms with Crippen LogP contribution >= 0.6 is 34.8 Å². The Bertz CT molecular complexity index is 537. The molecule has 1 atom stereocenters. The highest BCUT2D eigenvalue weighted by Gasteiger charge is 2.27. The Morgan fingerprint density at radius 1 is 1.26 bits per heavy atom. The van der Waals surface area contributed by atoms with Gasteiger partial charge in [-0.25, -0.2) is 12.7 Å². The molecule has 0 aliphatic heterocycles. The van der Waals surface area contributed by atoms with Crippen LogP contribution in [0, 0.1) is 0 Å². The minimum atomic E-state index is -3.81. The Kier molecular flexibility index (Phi) is 5.92. The minimum absolute atomic E-state index is 0.0265. The van der Waals surface area contributed by atoms with Crippen LogP contribution in [-0.2, 0) is 10.0 Å². The zero-order chi connectivity index (χ0) is 14.8. The Morgan fingerprint density at radius 3 is 2.16 bits per heavy atom. The molecule has 0 aromatic heterocycles. The van der Waals surface area contributed by atoms with Gasteiger partial charge in [0.1, 0.15) is 4.90 Å². The first-order valence-electron chi connectivity index (χ1n) is 5.45. The lowest BCUT2D eigenvalue weighted by Gasteiger charge is -2.19. The molecule has 0 aliphatic rings. The summed E-state index contributed by atoms with van der Waals surface area (Å²) in [4.78, 5) is -0.173. The lowest BCUT2D eigenvalue weighted by molar-refractivity contribution is 0.177. The molecule has 0 saturated carbocycles. The Hall–Kier alpha value is -0.0400. The summed E-state index contributed by atoms with van der Waals surface area (Å²) >= 11 is 17.5. The van der Waals surface area contributed by atoms with Gasteiger partial charge in [-0.1, -0.05) is 34.8 Å². The molecule has 0 amide bonds. The molecule has 4 nitrogen and oxygen atoms in total. The van der Waals surface area contributed by atoms with Crippen LogP contribution < -0.4 is 0 Å². The summed E-state index contributed by atoms with van der Waals surface area (Å²) in [5.74, 6) is 0. The van der Waals surface area contributed by atoms with Gasteiger partial charge in [-0.05, 0) is 25.5 Å². The number of hydrogen-bond donors (Lipinski definition) is 1. The second-order valence-electron chi connectivity index (χ2n) is 4.16. The third-order valence-corrected chi connectivity index (χ3v) is 5.49. The van der Waals surface area contributed by atoms with Crippen molar-refractivity contribution in [3.8, 4) is 0 Å². The summed E-state index contributed by atoms with van der Waals surface area (Å²) in [6, 6.07) is 2.65. The predicted octanol–water partition coefficient (Wildman–Crippen LogP) is 3.04. The Labute approximate surface area is 127 Å². The number of aliphatic hydroxyl groups excluding tert-OH is 1. The van der Waals surface area contributed by atoms with Crippen molar-refractivity contribution < 1.29 is 13.5 Å². The monoisotopic (exact) mass is 345 g/mol. The lowest BCUT2D eigenvalue weighted by atomic mass is 10.3. The van der Waals surface area contributed by atoms with Crippen molar-refractivity contribution in [1.82, 2.24) is 4.31 Å². The maximum Gasteiger partial charge on any atom is 0.245 e. The van der Waals surface area contributed by atoms with E-state index in [-0.39, 0.29) is 26.5 Å². The average molecular weight is 347 g/mol. The standard InChI is InChI=1S/C11H14Cl3NO3S/c1-7(16)3-4-15(2)19(17,18)11-9(13)5-8(12)6-10(11)14/h5-7,16H,3-4H2,1-2H3. The van der Waals surface area contributed by atoms with Gasteiger partial charge in [0.2, 0.25) is 10.0 Å². The van der Waals surface area contributed by atoms with E-state index in [9.17, 15) is 13.5 Å². The summed E-state index contributed by atoms with van der Waals surface area (Å²) in [6.07, 6.45) is -0.271. The molecule has 0 aliphatic carbocycles. The molecular formula is C11H14Cl3NO3S. The average Bonchev–Trinajstić information content (AvgIpc) is 2.23. The normalized spacial score (nSPS) is 13.8. The van der Waals surface area contributed by atoms with Crippen molar-refractivity contribution in [2.45, 2.75) is 24.3 Å². The quantitative estimate of drug-likeness (QED) is 0.891. The largest absolute Gasteiger partial charge is 0.393 e. The fourth-order valence-electron chi connectivity index (χ4n) is 1.42. The first-order chi connectivity index (χ1) is 8.66. The highest BCUT2D eigenvalue weighted by atomic mass is 35.5. The van der Waals surface area contributed by atoms with Crippen LogP contribution in [0.4, 0.5) is 0 Å². The highest BCUT2D eigenvalue weighted by Crippen LogP contribution is 2.34. The Morgan fingerprint density at radius 2 is 1.74 bits per heavy atom. The molecule has 0 bridgehead atoms. The number of sulfonamides is 1. The summed E-state index contributed by atoms with van der Waals surface area (Å²) in [6.45, 7) is 1.75. The fraction of sp³-hybridized carbons (Fsp3) is 0.455. The van der Waals surface area contributed by atoms with E-state index in [1.165, 1.54) is 19.2 Å². The van der Waals surface area contributed by atoms with E-state index in [0.29, 0.717) is 6.42 Å². The van der Waals surface area contributed by atoms with E-state index in [1.807, 2.05) is 0 Å². The zero-order valence-corrected chi connectivity index (χ0v) is 13.5. The van der Waals surface area contributed by atoms with Crippen molar-refractivity contribution in [2.75, 3.05) is 13.6 Å². The number of benzene rings is 1. The van der Waals surface area contributed by atoms with Gasteiger partial charge in [-0.15, -0.1) is 0 Å². The van der Waals surface area contributed by atoms with E-state index >= 15 is 0 Å². The Balaban J connectivity index is 3.14. The molecule has 1 rings (SSSR count). The molecule has 0 radical (unpaired) electrons. The summed E-state index contributed by atoms with van der Waals surface area (Å²) < 4.78 is 25.8. The maximum absolute atomic E-state index is 12.3. The predicted molar refractivity (Wildman–Crippen MR) is 77.6 cm³/mol. The zero-order valence-electron chi connectivity index (χ0n) is 10.4. The second kappa shape index (κ2) is 6.61. The smallest absolute Gasteiger partial charge is 0.245 e. The van der Waals surface area contributed by atoms with Gasteiger partial charge in [-0.3, -0.25) is 0 Å². The van der Waals surface area contributed by atoms with Crippen LogP contribution in [0.5, 0.6) is 0 Å². The highest BCUT2D eigenvalue weighted by molar-refractivity contribution is 7.89. The van der Waals surface area contributed by atoms with Crippen molar-refractivity contribution in [1.29, 1.82) is 0 Å². The SMILES string of the molecule is CC(O)CCN(C)S(=O)(=O)c1c(Cl)cc(Cl)cc1Cl. The third-order valence-electron chi connectivity index (χ3n) is 2.49. The van der Waals surface area contributed by atoms with Crippen LogP contribution in [-0.4, -0.2) is 37.5 Å². The summed E-state index contributed by atoms with van der Waals surface area (Å²) in [7, 11) is -2.41. The number of hydrogen-bond acceptors (Lipinski definition) is 3. The molecule has 1 aromatic rings. The van der Waals surface area contributed by atoms with Gasteiger partial charge >= 0.3 is 0 Å². The molecule has 1 aromatic carbocycles. The number of nitrogens with zero attached hydrogens (tertiary/aromatic N) is 1. The van der Waals surface area contributed by atoms with Crippen LogP contribution in [0.1, 0.15) is 13.3 Å². The van der Waals surface area contributed by atoms with Gasteiger partial charge < -0.3 is 5.11 Å². The third kappa shape index (κ3) is 4.21. The van der Waals surface area contributed by atoms with Crippen molar-refractivity contribution in [3.05, 3.63) is 27.2 Å². The molecule has 0 spiro atoms. The van der Waals surface area contributed by atoms with Crippen molar-refractivity contribution >= 4 is 44.8 Å². The molecule has 0 saturated heterocycles. The van der Waals surface area contributed by atoms with Crippen molar-refractivity contribution in [3.63, 3.8) is 0 Å². The molecule has 0 fully saturated rings. The van der Waals surface area contributed by atoms with Gasteiger partial charge in [-0.2, -0.15) is 0 Å². The minimum Gasteiger partial charge on any atom is -0.393 e. The first-order valence-corrected chi connectivity index (χ1v) is 8.02. The molecule has 0 heterocycles.